The normalized spacial score (nSPS) is 19.6. The van der Waals surface area contributed by atoms with Crippen LogP contribution in [0.25, 0.3) is 16.8 Å². The highest BCUT2D eigenvalue weighted by atomic mass is 32.1. The van der Waals surface area contributed by atoms with Crippen molar-refractivity contribution < 1.29 is 47.4 Å². The molecular formula is C36H35N3O10S. The van der Waals surface area contributed by atoms with E-state index in [0.717, 1.165) is 0 Å². The first-order valence-corrected chi connectivity index (χ1v) is 16.1. The first kappa shape index (κ1) is 34.4. The van der Waals surface area contributed by atoms with Crippen molar-refractivity contribution in [1.82, 2.24) is 4.57 Å². The van der Waals surface area contributed by atoms with Crippen LogP contribution < -0.4 is 24.5 Å². The number of esters is 3. The largest absolute Gasteiger partial charge is 0.744 e. The van der Waals surface area contributed by atoms with Gasteiger partial charge >= 0.3 is 29.4 Å². The lowest BCUT2D eigenvalue weighted by Crippen LogP contribution is -2.49. The van der Waals surface area contributed by atoms with Gasteiger partial charge in [0.05, 0.1) is 19.8 Å². The number of benzene rings is 3. The monoisotopic (exact) mass is 701 g/mol. The molecule has 14 heteroatoms. The molecule has 0 N–H and O–H groups in total. The highest BCUT2D eigenvalue weighted by Gasteiger charge is 2.64. The maximum Gasteiger partial charge on any atom is 0.374 e. The van der Waals surface area contributed by atoms with E-state index in [2.05, 4.69) is 0 Å². The van der Waals surface area contributed by atoms with E-state index in [1.54, 1.807) is 84.4 Å². The van der Waals surface area contributed by atoms with E-state index in [0.29, 0.717) is 34.4 Å². The molecule has 2 aliphatic rings. The summed E-state index contributed by atoms with van der Waals surface area (Å²) >= 11 is 6.13. The lowest BCUT2D eigenvalue weighted by atomic mass is 10.0. The van der Waals surface area contributed by atoms with Gasteiger partial charge in [-0.1, -0.05) is 30.3 Å². The van der Waals surface area contributed by atoms with Crippen LogP contribution in [0.4, 0.5) is 11.6 Å². The zero-order valence-electron chi connectivity index (χ0n) is 27.9. The fourth-order valence-electron chi connectivity index (χ4n) is 6.44. The predicted octanol–water partition coefficient (Wildman–Crippen LogP) is 3.56. The fourth-order valence-corrected chi connectivity index (χ4v) is 6.83. The van der Waals surface area contributed by atoms with Gasteiger partial charge in [0.1, 0.15) is 35.6 Å². The number of rotatable bonds is 10. The third-order valence-electron chi connectivity index (χ3n) is 8.46. The zero-order valence-corrected chi connectivity index (χ0v) is 28.7. The van der Waals surface area contributed by atoms with Crippen LogP contribution >= 0.6 is 0 Å². The van der Waals surface area contributed by atoms with Crippen LogP contribution in [0.3, 0.4) is 0 Å². The summed E-state index contributed by atoms with van der Waals surface area (Å²) in [5.74, 6) is -0.424. The summed E-state index contributed by atoms with van der Waals surface area (Å²) in [6.07, 6.45) is -4.55. The van der Waals surface area contributed by atoms with Crippen LogP contribution in [0.1, 0.15) is 26.8 Å². The molecule has 260 valence electrons. The highest BCUT2D eigenvalue weighted by molar-refractivity contribution is 7.58. The van der Waals surface area contributed by atoms with Crippen LogP contribution in [-0.2, 0) is 46.0 Å². The van der Waals surface area contributed by atoms with Crippen LogP contribution in [0.2, 0.25) is 0 Å². The van der Waals surface area contributed by atoms with Gasteiger partial charge in [-0.3, -0.25) is 19.2 Å². The average molecular weight is 702 g/mol. The van der Waals surface area contributed by atoms with E-state index in [1.165, 1.54) is 25.3 Å². The van der Waals surface area contributed by atoms with E-state index in [9.17, 15) is 19.2 Å². The van der Waals surface area contributed by atoms with Gasteiger partial charge < -0.3 is 41.0 Å². The third-order valence-corrected chi connectivity index (χ3v) is 8.85. The predicted molar refractivity (Wildman–Crippen MR) is 180 cm³/mol. The highest BCUT2D eigenvalue weighted by Crippen LogP contribution is 2.48. The Morgan fingerprint density at radius 1 is 0.860 bits per heavy atom. The van der Waals surface area contributed by atoms with Crippen molar-refractivity contribution >= 4 is 42.2 Å². The molecule has 1 saturated heterocycles. The minimum absolute atomic E-state index is 0.226. The van der Waals surface area contributed by atoms with Gasteiger partial charge in [-0.25, -0.2) is 9.47 Å². The number of hydrogen-bond acceptors (Lipinski definition) is 12. The molecule has 50 heavy (non-hydrogen) atoms. The molecule has 1 aromatic heterocycles. The summed E-state index contributed by atoms with van der Waals surface area (Å²) in [5, 5.41) is 0.226. The number of aromatic nitrogens is 2. The second kappa shape index (κ2) is 14.2. The molecule has 0 saturated carbocycles. The number of hydrogen-bond donors (Lipinski definition) is 0. The number of methoxy groups -OCH3 is 2. The molecule has 3 aromatic carbocycles. The van der Waals surface area contributed by atoms with Crippen molar-refractivity contribution in [1.29, 1.82) is 0 Å². The van der Waals surface area contributed by atoms with Crippen molar-refractivity contribution in [3.63, 3.8) is 0 Å². The van der Waals surface area contributed by atoms with Gasteiger partial charge in [0.15, 0.2) is 18.2 Å². The Hall–Kier alpha value is -5.47. The second-order valence-corrected chi connectivity index (χ2v) is 12.0. The molecule has 2 aliphatic heterocycles. The summed E-state index contributed by atoms with van der Waals surface area (Å²) in [7, 11) is 3.11. The number of carbonyl (C=O) groups excluding carboxylic acids is 3. The van der Waals surface area contributed by atoms with E-state index in [-0.39, 0.29) is 17.2 Å². The lowest BCUT2D eigenvalue weighted by Gasteiger charge is -2.29. The fraction of sp³-hybridized carbons (Fsp3) is 0.306. The summed E-state index contributed by atoms with van der Waals surface area (Å²) in [6.45, 7) is 3.27. The van der Waals surface area contributed by atoms with E-state index in [4.69, 9.17) is 41.0 Å². The van der Waals surface area contributed by atoms with Crippen molar-refractivity contribution in [3.05, 3.63) is 89.2 Å². The standard InChI is InChI=1S/C36H35N3O10S/c1-20(40)46-19-28(47-21(2)41)31-32(48-22(3)42)30-34(49-31)37(24-11-15-26(44-4)16-12-24)36-38(25-13-17-27(45-5)18-14-25)35(50)29(33(43)39(30)36)23-9-7-6-8-10-23/h6-18,28,30-32,34H,19H2,1-5H3/t28-,30-,31-,32-,34+/m1/s1. The van der Waals surface area contributed by atoms with E-state index in [1.807, 2.05) is 18.2 Å². The van der Waals surface area contributed by atoms with Gasteiger partial charge in [0, 0.05) is 20.8 Å². The first-order chi connectivity index (χ1) is 24.0. The molecule has 0 unspecified atom stereocenters. The van der Waals surface area contributed by atoms with E-state index >= 15 is 0 Å². The number of carbonyl (C=O) groups is 3. The number of ether oxygens (including phenoxy) is 6. The van der Waals surface area contributed by atoms with Crippen LogP contribution in [0, 0.1) is 0 Å². The summed E-state index contributed by atoms with van der Waals surface area (Å²) in [6, 6.07) is 22.3. The minimum atomic E-state index is -1.19. The number of anilines is 2. The van der Waals surface area contributed by atoms with Crippen LogP contribution in [0.15, 0.2) is 88.7 Å². The van der Waals surface area contributed by atoms with Crippen molar-refractivity contribution in [2.75, 3.05) is 25.7 Å². The molecular weight excluding hydrogens is 666 g/mol. The van der Waals surface area contributed by atoms with Crippen LogP contribution in [-0.4, -0.2) is 67.8 Å². The Kier molecular flexibility index (Phi) is 9.75. The Morgan fingerprint density at radius 3 is 2.04 bits per heavy atom. The molecule has 0 aliphatic carbocycles. The van der Waals surface area contributed by atoms with Gasteiger partial charge in [-0.05, 0) is 59.1 Å². The molecule has 0 radical (unpaired) electrons. The number of fused-ring (bicyclic) bond motifs is 3. The summed E-state index contributed by atoms with van der Waals surface area (Å²) < 4.78 is 37.6. The van der Waals surface area contributed by atoms with Crippen LogP contribution in [0.5, 0.6) is 11.5 Å². The smallest absolute Gasteiger partial charge is 0.374 e. The maximum atomic E-state index is 15.0. The second-order valence-electron chi connectivity index (χ2n) is 11.6. The van der Waals surface area contributed by atoms with E-state index < -0.39 is 54.0 Å². The Balaban J connectivity index is 1.67. The Labute approximate surface area is 293 Å². The zero-order chi connectivity index (χ0) is 35.7. The Bertz CT molecular complexity index is 1970. The molecule has 13 nitrogen and oxygen atoms in total. The Morgan fingerprint density at radius 2 is 1.48 bits per heavy atom. The quantitative estimate of drug-likeness (QED) is 0.0787. The minimum Gasteiger partial charge on any atom is -0.744 e. The first-order valence-electron chi connectivity index (χ1n) is 15.7. The lowest BCUT2D eigenvalue weighted by molar-refractivity contribution is -0.625. The molecule has 0 amide bonds. The van der Waals surface area contributed by atoms with Crippen molar-refractivity contribution in [3.8, 4) is 28.3 Å². The summed E-state index contributed by atoms with van der Waals surface area (Å²) in [4.78, 5) is 53.6. The molecule has 5 atom stereocenters. The molecule has 0 bridgehead atoms. The SMILES string of the molecule is COc1ccc(N2c3n(c(=O)c(-c4ccccc4)c([S-])[n+]3-c3ccc(OC)cc3)[C@@H]3[C@@H](OC(C)=O)[C@@H]([C@@H](COC(C)=O)OC(C)=O)O[C@@H]32)cc1. The molecule has 1 fully saturated rings. The van der Waals surface area contributed by atoms with Crippen molar-refractivity contribution in [2.45, 2.75) is 56.4 Å². The topological polar surface area (TPSA) is 136 Å². The number of nitrogens with zero attached hydrogens (tertiary/aromatic N) is 3. The van der Waals surface area contributed by atoms with Gasteiger partial charge in [0.2, 0.25) is 6.23 Å². The average Bonchev–Trinajstić information content (AvgIpc) is 3.61. The van der Waals surface area contributed by atoms with Gasteiger partial charge in [-0.2, -0.15) is 4.57 Å². The molecule has 0 spiro atoms. The summed E-state index contributed by atoms with van der Waals surface area (Å²) in [5.41, 5.74) is 1.55. The molecule has 6 rings (SSSR count). The van der Waals surface area contributed by atoms with Gasteiger partial charge in [-0.15, -0.1) is 0 Å². The molecule has 3 heterocycles. The maximum absolute atomic E-state index is 15.0. The van der Waals surface area contributed by atoms with Gasteiger partial charge in [0.25, 0.3) is 0 Å². The third kappa shape index (κ3) is 6.34. The molecule has 4 aromatic rings. The van der Waals surface area contributed by atoms with Crippen molar-refractivity contribution in [2.24, 2.45) is 0 Å².